The number of anilines is 1. The van der Waals surface area contributed by atoms with Gasteiger partial charge in [-0.2, -0.15) is 0 Å². The van der Waals surface area contributed by atoms with Crippen molar-refractivity contribution in [3.05, 3.63) is 40.1 Å². The molecule has 0 aromatic carbocycles. The molecule has 0 radical (unpaired) electrons. The van der Waals surface area contributed by atoms with Gasteiger partial charge in [-0.05, 0) is 28.1 Å². The summed E-state index contributed by atoms with van der Waals surface area (Å²) in [5.74, 6) is -0.526. The fourth-order valence-corrected chi connectivity index (χ4v) is 3.24. The summed E-state index contributed by atoms with van der Waals surface area (Å²) in [6, 6.07) is 3.00. The number of esters is 1. The molecule has 1 fully saturated rings. The lowest BCUT2D eigenvalue weighted by atomic mass is 10.3. The van der Waals surface area contributed by atoms with Gasteiger partial charge in [-0.15, -0.1) is 0 Å². The predicted octanol–water partition coefficient (Wildman–Crippen LogP) is 2.36. The van der Waals surface area contributed by atoms with E-state index in [1.54, 1.807) is 31.6 Å². The van der Waals surface area contributed by atoms with E-state index in [4.69, 9.17) is 4.74 Å². The Labute approximate surface area is 138 Å². The highest BCUT2D eigenvalue weighted by Gasteiger charge is 2.40. The Hall–Kier alpha value is -2.00. The third-order valence-electron chi connectivity index (χ3n) is 3.06. The van der Waals surface area contributed by atoms with Crippen molar-refractivity contribution in [2.24, 2.45) is 0 Å². The highest BCUT2D eigenvalue weighted by atomic mass is 79.9. The van der Waals surface area contributed by atoms with E-state index in [-0.39, 0.29) is 12.6 Å². The number of pyridine rings is 1. The van der Waals surface area contributed by atoms with Gasteiger partial charge in [-0.3, -0.25) is 4.98 Å². The number of hydrogen-bond donors (Lipinski definition) is 0. The minimum Gasteiger partial charge on any atom is -0.435 e. The van der Waals surface area contributed by atoms with Gasteiger partial charge in [0.1, 0.15) is 0 Å². The average Bonchev–Trinajstić information content (AvgIpc) is 3.04. The lowest BCUT2D eigenvalue weighted by Gasteiger charge is -2.20. The number of hydrogen-bond acceptors (Lipinski definition) is 6. The van der Waals surface area contributed by atoms with Crippen molar-refractivity contribution in [1.82, 2.24) is 14.9 Å². The Morgan fingerprint density at radius 2 is 2.32 bits per heavy atom. The van der Waals surface area contributed by atoms with Gasteiger partial charge in [0.15, 0.2) is 5.13 Å². The molecule has 3 rings (SSSR count). The molecule has 0 aliphatic carbocycles. The van der Waals surface area contributed by atoms with E-state index in [1.165, 1.54) is 27.3 Å². The maximum absolute atomic E-state index is 12.2. The van der Waals surface area contributed by atoms with Gasteiger partial charge < -0.3 is 9.64 Å². The summed E-state index contributed by atoms with van der Waals surface area (Å²) in [5.41, 5.74) is 0.338. The van der Waals surface area contributed by atoms with E-state index in [9.17, 15) is 9.59 Å². The molecule has 7 nitrogen and oxygen atoms in total. The Morgan fingerprint density at radius 3 is 2.95 bits per heavy atom. The first-order chi connectivity index (χ1) is 10.6. The third kappa shape index (κ3) is 2.81. The molecule has 2 aromatic rings. The number of ether oxygens (including phenoxy) is 1. The van der Waals surface area contributed by atoms with Crippen LogP contribution < -0.4 is 4.90 Å². The molecule has 2 aromatic heterocycles. The summed E-state index contributed by atoms with van der Waals surface area (Å²) in [7, 11) is 1.65. The predicted molar refractivity (Wildman–Crippen MR) is 83.8 cm³/mol. The van der Waals surface area contributed by atoms with Crippen LogP contribution in [0.15, 0.2) is 34.5 Å². The van der Waals surface area contributed by atoms with Crippen LogP contribution in [0.3, 0.4) is 0 Å². The van der Waals surface area contributed by atoms with Crippen LogP contribution in [0.4, 0.5) is 9.93 Å². The molecule has 0 N–H and O–H groups in total. The minimum atomic E-state index is -0.719. The summed E-state index contributed by atoms with van der Waals surface area (Å²) in [4.78, 5) is 35.3. The van der Waals surface area contributed by atoms with E-state index in [1.807, 2.05) is 0 Å². The van der Waals surface area contributed by atoms with E-state index in [0.29, 0.717) is 10.7 Å². The van der Waals surface area contributed by atoms with Crippen LogP contribution in [0.5, 0.6) is 0 Å². The molecule has 1 unspecified atom stereocenters. The summed E-state index contributed by atoms with van der Waals surface area (Å²) in [6.45, 7) is 0.280. The minimum absolute atomic E-state index is 0.258. The van der Waals surface area contributed by atoms with Gasteiger partial charge in [-0.1, -0.05) is 11.3 Å². The number of urea groups is 1. The topological polar surface area (TPSA) is 75.6 Å². The van der Waals surface area contributed by atoms with Crippen molar-refractivity contribution in [2.75, 3.05) is 18.5 Å². The molecule has 1 aliphatic heterocycles. The van der Waals surface area contributed by atoms with Crippen molar-refractivity contribution in [2.45, 2.75) is 6.23 Å². The Bertz CT molecular complexity index is 708. The number of amides is 2. The molecule has 0 saturated carbocycles. The fraction of sp³-hybridized carbons (Fsp3) is 0.231. The Morgan fingerprint density at radius 1 is 1.50 bits per heavy atom. The van der Waals surface area contributed by atoms with E-state index in [0.717, 1.165) is 3.79 Å². The summed E-state index contributed by atoms with van der Waals surface area (Å²) < 4.78 is 6.24. The van der Waals surface area contributed by atoms with Crippen LogP contribution in [0.25, 0.3) is 0 Å². The molecule has 2 amide bonds. The van der Waals surface area contributed by atoms with Crippen molar-refractivity contribution in [3.8, 4) is 0 Å². The molecule has 1 atom stereocenters. The highest BCUT2D eigenvalue weighted by Crippen LogP contribution is 2.31. The summed E-state index contributed by atoms with van der Waals surface area (Å²) >= 11 is 4.61. The third-order valence-corrected chi connectivity index (χ3v) is 4.54. The number of thiazole rings is 1. The van der Waals surface area contributed by atoms with Crippen LogP contribution in [0.1, 0.15) is 10.4 Å². The largest absolute Gasteiger partial charge is 0.435 e. The first-order valence-corrected chi connectivity index (χ1v) is 7.94. The van der Waals surface area contributed by atoms with Gasteiger partial charge in [0.05, 0.1) is 22.1 Å². The van der Waals surface area contributed by atoms with E-state index in [2.05, 4.69) is 25.9 Å². The van der Waals surface area contributed by atoms with Crippen LogP contribution in [0, 0.1) is 0 Å². The van der Waals surface area contributed by atoms with Crippen LogP contribution >= 0.6 is 27.3 Å². The maximum atomic E-state index is 12.2. The number of rotatable bonds is 3. The molecular weight excluding hydrogens is 372 g/mol. The molecule has 1 aliphatic rings. The molecule has 0 spiro atoms. The molecule has 0 bridgehead atoms. The monoisotopic (exact) mass is 382 g/mol. The fourth-order valence-electron chi connectivity index (χ4n) is 2.03. The van der Waals surface area contributed by atoms with Crippen LogP contribution in [-0.4, -0.2) is 46.7 Å². The van der Waals surface area contributed by atoms with Crippen LogP contribution in [-0.2, 0) is 4.74 Å². The molecule has 22 heavy (non-hydrogen) atoms. The second-order valence-electron chi connectivity index (χ2n) is 4.58. The number of halogens is 1. The molecular formula is C13H11BrN4O3S. The van der Waals surface area contributed by atoms with Gasteiger partial charge in [-0.25, -0.2) is 19.5 Å². The first-order valence-electron chi connectivity index (χ1n) is 6.33. The Balaban J connectivity index is 1.82. The molecule has 114 valence electrons. The highest BCUT2D eigenvalue weighted by molar-refractivity contribution is 9.11. The van der Waals surface area contributed by atoms with E-state index < -0.39 is 12.2 Å². The van der Waals surface area contributed by atoms with Gasteiger partial charge >= 0.3 is 12.0 Å². The van der Waals surface area contributed by atoms with Crippen molar-refractivity contribution in [1.29, 1.82) is 0 Å². The van der Waals surface area contributed by atoms with Crippen LogP contribution in [0.2, 0.25) is 0 Å². The lowest BCUT2D eigenvalue weighted by Crippen LogP contribution is -2.37. The Kier molecular flexibility index (Phi) is 4.08. The second-order valence-corrected chi connectivity index (χ2v) is 6.97. The number of aromatic nitrogens is 2. The number of carbonyl (C=O) groups excluding carboxylic acids is 2. The van der Waals surface area contributed by atoms with Crippen molar-refractivity contribution >= 4 is 44.4 Å². The maximum Gasteiger partial charge on any atom is 0.341 e. The SMILES string of the molecule is CN1CC(OC(=O)c2cccnc2)N(c2ncc(Br)s2)C1=O. The second kappa shape index (κ2) is 6.01. The normalized spacial score (nSPS) is 17.9. The number of likely N-dealkylation sites (N-methyl/N-ethyl adjacent to an activating group) is 1. The molecule has 3 heterocycles. The average molecular weight is 383 g/mol. The summed E-state index contributed by atoms with van der Waals surface area (Å²) in [6.07, 6.45) is 3.88. The lowest BCUT2D eigenvalue weighted by molar-refractivity contribution is 0.0331. The zero-order chi connectivity index (χ0) is 15.7. The van der Waals surface area contributed by atoms with Gasteiger partial charge in [0, 0.05) is 19.4 Å². The smallest absolute Gasteiger partial charge is 0.341 e. The zero-order valence-corrected chi connectivity index (χ0v) is 13.9. The first kappa shape index (κ1) is 14.9. The van der Waals surface area contributed by atoms with Gasteiger partial charge in [0.2, 0.25) is 6.23 Å². The number of nitrogens with zero attached hydrogens (tertiary/aromatic N) is 4. The molecule has 1 saturated heterocycles. The van der Waals surface area contributed by atoms with Gasteiger partial charge in [0.25, 0.3) is 0 Å². The van der Waals surface area contributed by atoms with Crippen molar-refractivity contribution < 1.29 is 14.3 Å². The number of carbonyl (C=O) groups is 2. The zero-order valence-electron chi connectivity index (χ0n) is 11.5. The summed E-state index contributed by atoms with van der Waals surface area (Å²) in [5, 5.41) is 0.477. The van der Waals surface area contributed by atoms with Crippen molar-refractivity contribution in [3.63, 3.8) is 0 Å². The molecule has 9 heteroatoms. The quantitative estimate of drug-likeness (QED) is 0.761. The van der Waals surface area contributed by atoms with E-state index >= 15 is 0 Å². The standard InChI is InChI=1S/C13H11BrN4O3S/c1-17-7-10(21-11(19)8-3-2-4-15-5-8)18(13(17)20)12-16-6-9(14)22-12/h2-6,10H,7H2,1H3.